The van der Waals surface area contributed by atoms with Crippen LogP contribution in [-0.4, -0.2) is 83.1 Å². The molecule has 0 bridgehead atoms. The molecule has 0 spiro atoms. The molecule has 0 aromatic heterocycles. The van der Waals surface area contributed by atoms with Gasteiger partial charge in [0, 0.05) is 13.0 Å². The summed E-state index contributed by atoms with van der Waals surface area (Å²) in [6.45, 7) is 2.01. The van der Waals surface area contributed by atoms with Gasteiger partial charge in [-0.1, -0.05) is 0 Å². The first-order chi connectivity index (χ1) is 16.4. The van der Waals surface area contributed by atoms with E-state index in [1.807, 2.05) is 0 Å². The van der Waals surface area contributed by atoms with Gasteiger partial charge in [0.2, 0.25) is 17.7 Å². The van der Waals surface area contributed by atoms with Crippen molar-refractivity contribution in [3.05, 3.63) is 0 Å². The Morgan fingerprint density at radius 2 is 1.46 bits per heavy atom. The summed E-state index contributed by atoms with van der Waals surface area (Å²) < 4.78 is 0. The average molecular weight is 503 g/mol. The number of carbonyl (C=O) groups is 5. The number of carboxylic acid groups (broad SMARTS) is 2. The molecule has 0 rings (SSSR count). The molecule has 0 aromatic carbocycles. The maximum atomic E-state index is 12.8. The van der Waals surface area contributed by atoms with Crippen molar-refractivity contribution in [1.82, 2.24) is 16.0 Å². The van der Waals surface area contributed by atoms with Crippen molar-refractivity contribution < 1.29 is 34.2 Å². The Labute approximate surface area is 203 Å². The summed E-state index contributed by atoms with van der Waals surface area (Å²) in [6, 6.07) is -4.51. The molecular formula is C20H38N8O7. The number of hydrogen-bond acceptors (Lipinski definition) is 8. The molecule has 0 aliphatic carbocycles. The van der Waals surface area contributed by atoms with Crippen LogP contribution in [0, 0.1) is 0 Å². The van der Waals surface area contributed by atoms with Gasteiger partial charge >= 0.3 is 11.9 Å². The van der Waals surface area contributed by atoms with Gasteiger partial charge in [-0.15, -0.1) is 0 Å². The van der Waals surface area contributed by atoms with Gasteiger partial charge in [-0.3, -0.25) is 24.2 Å². The van der Waals surface area contributed by atoms with Crippen molar-refractivity contribution in [2.24, 2.45) is 27.9 Å². The van der Waals surface area contributed by atoms with Crippen molar-refractivity contribution >= 4 is 35.6 Å². The number of amides is 3. The molecule has 4 unspecified atom stereocenters. The van der Waals surface area contributed by atoms with E-state index < -0.39 is 60.2 Å². The molecule has 0 saturated heterocycles. The van der Waals surface area contributed by atoms with Crippen molar-refractivity contribution in [3.8, 4) is 0 Å². The normalized spacial score (nSPS) is 14.0. The largest absolute Gasteiger partial charge is 0.481 e. The number of nitrogens with zero attached hydrogens (tertiary/aromatic N) is 1. The Kier molecular flexibility index (Phi) is 15.4. The van der Waals surface area contributed by atoms with Gasteiger partial charge in [0.15, 0.2) is 5.96 Å². The SMILES string of the molecule is CC(NC(=O)C(CCCCN)NC(=O)C(N)CCCN=C(N)N)C(=O)NC(CCC(=O)O)C(=O)O. The molecule has 3 amide bonds. The molecule has 35 heavy (non-hydrogen) atoms. The third-order valence-corrected chi connectivity index (χ3v) is 4.90. The second-order valence-electron chi connectivity index (χ2n) is 7.96. The van der Waals surface area contributed by atoms with E-state index in [1.54, 1.807) is 0 Å². The first kappa shape index (κ1) is 31.5. The molecule has 0 heterocycles. The lowest BCUT2D eigenvalue weighted by molar-refractivity contribution is -0.143. The first-order valence-corrected chi connectivity index (χ1v) is 11.3. The van der Waals surface area contributed by atoms with Crippen LogP contribution in [0.5, 0.6) is 0 Å². The van der Waals surface area contributed by atoms with Crippen LogP contribution in [0.25, 0.3) is 0 Å². The average Bonchev–Trinajstić information content (AvgIpc) is 2.77. The molecule has 0 fully saturated rings. The van der Waals surface area contributed by atoms with Gasteiger partial charge in [-0.2, -0.15) is 0 Å². The number of nitrogens with one attached hydrogen (secondary N) is 3. The fourth-order valence-corrected chi connectivity index (χ4v) is 2.89. The van der Waals surface area contributed by atoms with Gasteiger partial charge in [0.05, 0.1) is 6.04 Å². The summed E-state index contributed by atoms with van der Waals surface area (Å²) in [6.07, 6.45) is 1.29. The highest BCUT2D eigenvalue weighted by molar-refractivity contribution is 5.93. The zero-order valence-electron chi connectivity index (χ0n) is 19.9. The molecule has 15 nitrogen and oxygen atoms in total. The number of carbonyl (C=O) groups excluding carboxylic acids is 3. The van der Waals surface area contributed by atoms with Crippen LogP contribution >= 0.6 is 0 Å². The van der Waals surface area contributed by atoms with E-state index in [4.69, 9.17) is 28.0 Å². The van der Waals surface area contributed by atoms with Crippen LogP contribution in [-0.2, 0) is 24.0 Å². The van der Waals surface area contributed by atoms with E-state index in [2.05, 4.69) is 20.9 Å². The van der Waals surface area contributed by atoms with Crippen molar-refractivity contribution in [3.63, 3.8) is 0 Å². The predicted molar refractivity (Wildman–Crippen MR) is 127 cm³/mol. The minimum atomic E-state index is -1.44. The van der Waals surface area contributed by atoms with Crippen molar-refractivity contribution in [2.75, 3.05) is 13.1 Å². The summed E-state index contributed by atoms with van der Waals surface area (Å²) in [5.74, 6) is -4.74. The number of guanidine groups is 1. The molecule has 4 atom stereocenters. The Hall–Kier alpha value is -3.46. The zero-order chi connectivity index (χ0) is 27.0. The van der Waals surface area contributed by atoms with E-state index >= 15 is 0 Å². The standard InChI is InChI=1S/C20H38N8O7/c1-11(16(31)28-14(19(34)35)7-8-15(29)30)26-18(33)13(6-2-3-9-21)27-17(32)12(22)5-4-10-25-20(23)24/h11-14H,2-10,21-22H2,1H3,(H,26,33)(H,27,32)(H,28,31)(H,29,30)(H,34,35)(H4,23,24,25). The lowest BCUT2D eigenvalue weighted by Crippen LogP contribution is -2.56. The first-order valence-electron chi connectivity index (χ1n) is 11.3. The number of aliphatic imine (C=N–C) groups is 1. The second-order valence-corrected chi connectivity index (χ2v) is 7.96. The van der Waals surface area contributed by atoms with Crippen molar-refractivity contribution in [1.29, 1.82) is 0 Å². The van der Waals surface area contributed by atoms with E-state index in [0.717, 1.165) is 0 Å². The van der Waals surface area contributed by atoms with Crippen LogP contribution in [0.1, 0.15) is 51.9 Å². The summed E-state index contributed by atoms with van der Waals surface area (Å²) in [4.78, 5) is 63.3. The quantitative estimate of drug-likeness (QED) is 0.0514. The van der Waals surface area contributed by atoms with Crippen LogP contribution in [0.3, 0.4) is 0 Å². The molecule has 0 radical (unpaired) electrons. The highest BCUT2D eigenvalue weighted by atomic mass is 16.4. The van der Waals surface area contributed by atoms with Crippen LogP contribution in [0.15, 0.2) is 4.99 Å². The van der Waals surface area contributed by atoms with Crippen molar-refractivity contribution in [2.45, 2.75) is 76.0 Å². The summed E-state index contributed by atoms with van der Waals surface area (Å²) in [7, 11) is 0. The monoisotopic (exact) mass is 502 g/mol. The van der Waals surface area contributed by atoms with Gasteiger partial charge in [-0.05, 0) is 52.0 Å². The topological polar surface area (TPSA) is 278 Å². The molecule has 0 aliphatic rings. The molecule has 0 aliphatic heterocycles. The number of rotatable bonds is 18. The van der Waals surface area contributed by atoms with Crippen LogP contribution in [0.4, 0.5) is 0 Å². The molecule has 0 saturated carbocycles. The Morgan fingerprint density at radius 1 is 0.829 bits per heavy atom. The minimum absolute atomic E-state index is 0.0746. The van der Waals surface area contributed by atoms with Gasteiger partial charge in [0.25, 0.3) is 0 Å². The summed E-state index contributed by atoms with van der Waals surface area (Å²) >= 11 is 0. The van der Waals surface area contributed by atoms with E-state index in [0.29, 0.717) is 32.4 Å². The van der Waals surface area contributed by atoms with Crippen LogP contribution < -0.4 is 38.9 Å². The Balaban J connectivity index is 5.04. The zero-order valence-corrected chi connectivity index (χ0v) is 19.9. The van der Waals surface area contributed by atoms with Crippen LogP contribution in [0.2, 0.25) is 0 Å². The van der Waals surface area contributed by atoms with Gasteiger partial charge in [0.1, 0.15) is 18.1 Å². The van der Waals surface area contributed by atoms with E-state index in [-0.39, 0.29) is 25.2 Å². The fourth-order valence-electron chi connectivity index (χ4n) is 2.89. The van der Waals surface area contributed by atoms with E-state index in [1.165, 1.54) is 6.92 Å². The lowest BCUT2D eigenvalue weighted by Gasteiger charge is -2.23. The molecule has 0 aromatic rings. The highest BCUT2D eigenvalue weighted by Gasteiger charge is 2.28. The maximum Gasteiger partial charge on any atom is 0.326 e. The van der Waals surface area contributed by atoms with E-state index in [9.17, 15) is 29.1 Å². The number of aliphatic carboxylic acids is 2. The third-order valence-electron chi connectivity index (χ3n) is 4.90. The minimum Gasteiger partial charge on any atom is -0.481 e. The number of unbranched alkanes of at least 4 members (excludes halogenated alkanes) is 1. The number of hydrogen-bond donors (Lipinski definition) is 9. The predicted octanol–water partition coefficient (Wildman–Crippen LogP) is -3.08. The highest BCUT2D eigenvalue weighted by Crippen LogP contribution is 2.05. The summed E-state index contributed by atoms with van der Waals surface area (Å²) in [5.41, 5.74) is 21.9. The number of nitrogens with two attached hydrogens (primary N) is 4. The third kappa shape index (κ3) is 14.4. The second kappa shape index (κ2) is 17.0. The van der Waals surface area contributed by atoms with Gasteiger partial charge < -0.3 is 49.1 Å². The molecule has 13 N–H and O–H groups in total. The number of carboxylic acids is 2. The Morgan fingerprint density at radius 3 is 2.00 bits per heavy atom. The fraction of sp³-hybridized carbons (Fsp3) is 0.700. The smallest absolute Gasteiger partial charge is 0.326 e. The molecule has 15 heteroatoms. The molecular weight excluding hydrogens is 464 g/mol. The Bertz CT molecular complexity index is 758. The maximum absolute atomic E-state index is 12.8. The molecule has 200 valence electrons. The summed E-state index contributed by atoms with van der Waals surface area (Å²) in [5, 5.41) is 25.1. The lowest BCUT2D eigenvalue weighted by atomic mass is 10.1. The van der Waals surface area contributed by atoms with Gasteiger partial charge in [-0.25, -0.2) is 4.79 Å².